The summed E-state index contributed by atoms with van der Waals surface area (Å²) in [4.78, 5) is 22.1. The van der Waals surface area contributed by atoms with Gasteiger partial charge in [-0.05, 0) is 55.6 Å². The third-order valence-corrected chi connectivity index (χ3v) is 5.58. The fraction of sp³-hybridized carbons (Fsp3) is 0.333. The minimum atomic E-state index is -0.00709. The van der Waals surface area contributed by atoms with Crippen molar-refractivity contribution in [1.82, 2.24) is 4.90 Å². The molecule has 1 unspecified atom stereocenters. The molecule has 134 valence electrons. The van der Waals surface area contributed by atoms with Crippen LogP contribution in [0.2, 0.25) is 0 Å². The van der Waals surface area contributed by atoms with E-state index in [0.717, 1.165) is 34.5 Å². The number of carbonyl (C=O) groups excluding carboxylic acids is 1. The van der Waals surface area contributed by atoms with Crippen LogP contribution >= 0.6 is 15.9 Å². The molecule has 0 radical (unpaired) electrons. The molecule has 2 aliphatic rings. The van der Waals surface area contributed by atoms with Crippen LogP contribution in [0.3, 0.4) is 0 Å². The van der Waals surface area contributed by atoms with E-state index >= 15 is 0 Å². The first-order valence-electron chi connectivity index (χ1n) is 9.10. The number of anilines is 1. The number of amides is 1. The van der Waals surface area contributed by atoms with Crippen molar-refractivity contribution in [3.8, 4) is 0 Å². The molecule has 2 aromatic carbocycles. The fourth-order valence-electron chi connectivity index (χ4n) is 3.77. The van der Waals surface area contributed by atoms with Gasteiger partial charge in [-0.25, -0.2) is 4.99 Å². The summed E-state index contributed by atoms with van der Waals surface area (Å²) < 4.78 is 1.00. The van der Waals surface area contributed by atoms with Crippen molar-refractivity contribution in [1.29, 1.82) is 0 Å². The van der Waals surface area contributed by atoms with Crippen LogP contribution in [-0.2, 0) is 4.79 Å². The van der Waals surface area contributed by atoms with Crippen molar-refractivity contribution in [2.24, 2.45) is 10.9 Å². The number of piperidine rings is 1. The fourth-order valence-corrected chi connectivity index (χ4v) is 4.03. The van der Waals surface area contributed by atoms with E-state index < -0.39 is 0 Å². The molecule has 5 heteroatoms. The molecule has 26 heavy (non-hydrogen) atoms. The van der Waals surface area contributed by atoms with Gasteiger partial charge in [-0.1, -0.05) is 41.1 Å². The number of benzene rings is 2. The third-order valence-electron chi connectivity index (χ3n) is 5.05. The van der Waals surface area contributed by atoms with Crippen molar-refractivity contribution in [3.63, 3.8) is 0 Å². The van der Waals surface area contributed by atoms with E-state index in [0.29, 0.717) is 18.3 Å². The first-order chi connectivity index (χ1) is 12.6. The van der Waals surface area contributed by atoms with E-state index in [4.69, 9.17) is 0 Å². The highest BCUT2D eigenvalue weighted by molar-refractivity contribution is 9.10. The van der Waals surface area contributed by atoms with Crippen LogP contribution in [0.15, 0.2) is 58.0 Å². The Hall–Kier alpha value is -1.98. The van der Waals surface area contributed by atoms with Gasteiger partial charge in [0.15, 0.2) is 0 Å². The number of aliphatic imine (C=N–C) groups is 1. The molecular formula is C21H22BrN3O. The highest BCUT2D eigenvalue weighted by Gasteiger charge is 2.35. The molecule has 2 aliphatic heterocycles. The van der Waals surface area contributed by atoms with E-state index in [1.165, 1.54) is 12.8 Å². The van der Waals surface area contributed by atoms with E-state index in [1.807, 2.05) is 53.4 Å². The summed E-state index contributed by atoms with van der Waals surface area (Å²) in [5.74, 6) is 0.681. The van der Waals surface area contributed by atoms with Crippen molar-refractivity contribution >= 4 is 38.9 Å². The second kappa shape index (κ2) is 7.33. The maximum Gasteiger partial charge on any atom is 0.278 e. The van der Waals surface area contributed by atoms with Gasteiger partial charge >= 0.3 is 0 Å². The predicted octanol–water partition coefficient (Wildman–Crippen LogP) is 4.61. The molecule has 2 aromatic rings. The lowest BCUT2D eigenvalue weighted by molar-refractivity contribution is -0.112. The number of nitrogens with zero attached hydrogens (tertiary/aromatic N) is 3. The van der Waals surface area contributed by atoms with Crippen LogP contribution in [0.25, 0.3) is 0 Å². The van der Waals surface area contributed by atoms with Gasteiger partial charge in [-0.3, -0.25) is 14.6 Å². The summed E-state index contributed by atoms with van der Waals surface area (Å²) in [6, 6.07) is 15.7. The molecule has 4 nitrogen and oxygen atoms in total. The normalized spacial score (nSPS) is 22.1. The molecule has 1 atom stereocenters. The first kappa shape index (κ1) is 17.4. The van der Waals surface area contributed by atoms with Gasteiger partial charge in [-0.15, -0.1) is 0 Å². The molecule has 0 N–H and O–H groups in total. The average Bonchev–Trinajstić information content (AvgIpc) is 2.90. The molecule has 4 rings (SSSR count). The van der Waals surface area contributed by atoms with Crippen LogP contribution in [-0.4, -0.2) is 36.3 Å². The van der Waals surface area contributed by atoms with E-state index in [9.17, 15) is 4.79 Å². The smallest absolute Gasteiger partial charge is 0.278 e. The number of fused-ring (bicyclic) bond motifs is 1. The monoisotopic (exact) mass is 411 g/mol. The minimum absolute atomic E-state index is 0.00709. The van der Waals surface area contributed by atoms with Gasteiger partial charge in [0.2, 0.25) is 0 Å². The number of hydrogen-bond acceptors (Lipinski definition) is 3. The molecular weight excluding hydrogens is 390 g/mol. The summed E-state index contributed by atoms with van der Waals surface area (Å²) >= 11 is 3.44. The molecule has 0 spiro atoms. The number of para-hydroxylation sites is 1. The molecule has 0 bridgehead atoms. The van der Waals surface area contributed by atoms with Gasteiger partial charge in [-0.2, -0.15) is 0 Å². The molecule has 1 fully saturated rings. The summed E-state index contributed by atoms with van der Waals surface area (Å²) in [5, 5.41) is 0. The minimum Gasteiger partial charge on any atom is -0.293 e. The van der Waals surface area contributed by atoms with Crippen LogP contribution < -0.4 is 4.90 Å². The topological polar surface area (TPSA) is 35.9 Å². The quantitative estimate of drug-likeness (QED) is 0.739. The third kappa shape index (κ3) is 3.46. The summed E-state index contributed by atoms with van der Waals surface area (Å²) in [7, 11) is 0. The zero-order chi connectivity index (χ0) is 18.1. The van der Waals surface area contributed by atoms with Gasteiger partial charge in [0, 0.05) is 16.6 Å². The highest BCUT2D eigenvalue weighted by atomic mass is 79.9. The van der Waals surface area contributed by atoms with E-state index in [2.05, 4.69) is 32.7 Å². The second-order valence-corrected chi connectivity index (χ2v) is 8.07. The Balaban J connectivity index is 1.65. The number of rotatable bonds is 3. The van der Waals surface area contributed by atoms with Gasteiger partial charge in [0.1, 0.15) is 5.71 Å². The van der Waals surface area contributed by atoms with Crippen molar-refractivity contribution < 1.29 is 4.79 Å². The van der Waals surface area contributed by atoms with E-state index in [1.54, 1.807) is 0 Å². The summed E-state index contributed by atoms with van der Waals surface area (Å²) in [6.45, 7) is 5.02. The standard InChI is InChI=1S/C21H22BrN3O/c1-15-5-4-12-24(13-15)14-25-19-7-3-2-6-18(19)20(21(25)26)23-17-10-8-16(22)9-11-17/h2-3,6-11,15H,4-5,12-14H2,1H3. The second-order valence-electron chi connectivity index (χ2n) is 7.15. The molecule has 2 heterocycles. The van der Waals surface area contributed by atoms with Gasteiger partial charge < -0.3 is 0 Å². The van der Waals surface area contributed by atoms with Crippen molar-refractivity contribution in [3.05, 3.63) is 58.6 Å². The zero-order valence-corrected chi connectivity index (χ0v) is 16.4. The zero-order valence-electron chi connectivity index (χ0n) is 14.9. The maximum atomic E-state index is 13.1. The largest absolute Gasteiger partial charge is 0.293 e. The Morgan fingerprint density at radius 1 is 1.15 bits per heavy atom. The van der Waals surface area contributed by atoms with Crippen LogP contribution in [0.1, 0.15) is 25.3 Å². The lowest BCUT2D eigenvalue weighted by atomic mass is 10.0. The molecule has 1 saturated heterocycles. The molecule has 0 aliphatic carbocycles. The Kier molecular flexibility index (Phi) is 4.92. The number of carbonyl (C=O) groups is 1. The Morgan fingerprint density at radius 3 is 2.69 bits per heavy atom. The highest BCUT2D eigenvalue weighted by Crippen LogP contribution is 2.31. The maximum absolute atomic E-state index is 13.1. The Bertz CT molecular complexity index is 847. The first-order valence-corrected chi connectivity index (χ1v) is 9.89. The SMILES string of the molecule is CC1CCCN(CN2C(=O)C(=Nc3ccc(Br)cc3)c3ccccc32)C1. The average molecular weight is 412 g/mol. The van der Waals surface area contributed by atoms with Crippen LogP contribution in [0.4, 0.5) is 11.4 Å². The van der Waals surface area contributed by atoms with Gasteiger partial charge in [0.05, 0.1) is 18.0 Å². The Morgan fingerprint density at radius 2 is 1.92 bits per heavy atom. The summed E-state index contributed by atoms with van der Waals surface area (Å²) in [6.07, 6.45) is 2.47. The van der Waals surface area contributed by atoms with Crippen molar-refractivity contribution in [2.75, 3.05) is 24.7 Å². The Labute approximate surface area is 162 Å². The van der Waals surface area contributed by atoms with Crippen molar-refractivity contribution in [2.45, 2.75) is 19.8 Å². The molecule has 0 saturated carbocycles. The lowest BCUT2D eigenvalue weighted by Crippen LogP contribution is -2.45. The molecule has 1 amide bonds. The number of halogens is 1. The van der Waals surface area contributed by atoms with Gasteiger partial charge in [0.25, 0.3) is 5.91 Å². The van der Waals surface area contributed by atoms with Crippen LogP contribution in [0.5, 0.6) is 0 Å². The summed E-state index contributed by atoms with van der Waals surface area (Å²) in [5.41, 5.74) is 3.21. The van der Waals surface area contributed by atoms with Crippen LogP contribution in [0, 0.1) is 5.92 Å². The van der Waals surface area contributed by atoms with E-state index in [-0.39, 0.29) is 5.91 Å². The predicted molar refractivity (Wildman–Crippen MR) is 109 cm³/mol. The number of hydrogen-bond donors (Lipinski definition) is 0. The number of likely N-dealkylation sites (tertiary alicyclic amines) is 1. The molecule has 0 aromatic heterocycles. The lowest BCUT2D eigenvalue weighted by Gasteiger charge is -2.33.